The molecule has 0 fully saturated rings. The van der Waals surface area contributed by atoms with Crippen molar-refractivity contribution in [1.82, 2.24) is 3.97 Å². The fourth-order valence-electron chi connectivity index (χ4n) is 2.80. The van der Waals surface area contributed by atoms with Crippen molar-refractivity contribution in [2.24, 2.45) is 0 Å². The van der Waals surface area contributed by atoms with Crippen LogP contribution in [-0.2, 0) is 15.2 Å². The monoisotopic (exact) mass is 445 g/mol. The lowest BCUT2D eigenvalue weighted by Crippen LogP contribution is -2.42. The fraction of sp³-hybridized carbons (Fsp3) is 0.391. The van der Waals surface area contributed by atoms with Gasteiger partial charge in [0.2, 0.25) is 0 Å². The molecular formula is C23H31NO4SSi. The molecule has 7 heteroatoms. The van der Waals surface area contributed by atoms with E-state index in [0.717, 1.165) is 28.8 Å². The molecule has 0 saturated carbocycles. The van der Waals surface area contributed by atoms with Crippen LogP contribution in [0.5, 0.6) is 5.75 Å². The highest BCUT2D eigenvalue weighted by Crippen LogP contribution is 2.36. The lowest BCUT2D eigenvalue weighted by atomic mass is 10.2. The molecule has 0 amide bonds. The Morgan fingerprint density at radius 1 is 1.03 bits per heavy atom. The third-order valence-electron chi connectivity index (χ3n) is 5.60. The van der Waals surface area contributed by atoms with Gasteiger partial charge in [-0.15, -0.1) is 0 Å². The Bertz CT molecular complexity index is 953. The van der Waals surface area contributed by atoms with E-state index in [2.05, 4.69) is 39.9 Å². The molecule has 0 aliphatic rings. The molecule has 1 atom stereocenters. The van der Waals surface area contributed by atoms with Gasteiger partial charge in [-0.05, 0) is 42.4 Å². The highest BCUT2D eigenvalue weighted by Gasteiger charge is 2.37. The summed E-state index contributed by atoms with van der Waals surface area (Å²) in [5.74, 6) is 0.630. The summed E-state index contributed by atoms with van der Waals surface area (Å²) >= 11 is 1.10. The number of rotatable bonds is 9. The summed E-state index contributed by atoms with van der Waals surface area (Å²) in [5.41, 5.74) is 1.95. The summed E-state index contributed by atoms with van der Waals surface area (Å²) in [6, 6.07) is 19.5. The molecule has 0 aliphatic heterocycles. The quantitative estimate of drug-likeness (QED) is 0.190. The highest BCUT2D eigenvalue weighted by atomic mass is 32.2. The Labute approximate surface area is 184 Å². The second kappa shape index (κ2) is 9.57. The van der Waals surface area contributed by atoms with Crippen LogP contribution in [-0.4, -0.2) is 30.1 Å². The van der Waals surface area contributed by atoms with Crippen molar-refractivity contribution in [3.63, 3.8) is 0 Å². The average molecular weight is 446 g/mol. The summed E-state index contributed by atoms with van der Waals surface area (Å²) < 4.78 is 13.6. The maximum atomic E-state index is 10.7. The number of nitrogens with zero attached hydrogens (tertiary/aromatic N) is 1. The number of aliphatic hydroxyl groups is 1. The Morgan fingerprint density at radius 2 is 1.70 bits per heavy atom. The minimum Gasteiger partial charge on any atom is -0.414 e. The predicted molar refractivity (Wildman–Crippen MR) is 126 cm³/mol. The van der Waals surface area contributed by atoms with E-state index < -0.39 is 14.4 Å². The van der Waals surface area contributed by atoms with Crippen molar-refractivity contribution in [2.75, 3.05) is 6.61 Å². The van der Waals surface area contributed by atoms with Gasteiger partial charge < -0.3 is 14.4 Å². The number of fused-ring (bicyclic) bond motifs is 1. The Balaban J connectivity index is 1.69. The second-order valence-electron chi connectivity index (χ2n) is 8.96. The molecule has 30 heavy (non-hydrogen) atoms. The van der Waals surface area contributed by atoms with Crippen LogP contribution >= 0.6 is 12.2 Å². The zero-order chi connectivity index (χ0) is 21.8. The zero-order valence-electron chi connectivity index (χ0n) is 18.3. The summed E-state index contributed by atoms with van der Waals surface area (Å²) in [6.45, 7) is 11.3. The minimum atomic E-state index is -1.91. The first-order valence-corrected chi connectivity index (χ1v) is 13.8. The number of aliphatic hydroxyl groups excluding tert-OH is 1. The lowest BCUT2D eigenvalue weighted by Gasteiger charge is -2.36. The van der Waals surface area contributed by atoms with Crippen LogP contribution in [0.1, 0.15) is 26.5 Å². The van der Waals surface area contributed by atoms with Crippen molar-refractivity contribution in [3.05, 3.63) is 66.4 Å². The summed E-state index contributed by atoms with van der Waals surface area (Å²) in [7, 11) is -1.91. The molecule has 162 valence electrons. The maximum Gasteiger partial charge on any atom is 0.192 e. The maximum absolute atomic E-state index is 10.7. The number of aromatic nitrogens is 1. The molecule has 1 N–H and O–H groups in total. The Hall–Kier alpha value is -1.77. The Morgan fingerprint density at radius 3 is 2.40 bits per heavy atom. The zero-order valence-corrected chi connectivity index (χ0v) is 20.1. The molecule has 0 spiro atoms. The van der Waals surface area contributed by atoms with Crippen LogP contribution in [0, 0.1) is 0 Å². The molecule has 0 saturated heterocycles. The van der Waals surface area contributed by atoms with Crippen molar-refractivity contribution in [1.29, 1.82) is 0 Å². The van der Waals surface area contributed by atoms with E-state index in [0.29, 0.717) is 18.8 Å². The van der Waals surface area contributed by atoms with Crippen molar-refractivity contribution in [2.45, 2.75) is 51.4 Å². The van der Waals surface area contributed by atoms with Gasteiger partial charge in [0.15, 0.2) is 26.3 Å². The minimum absolute atomic E-state index is 0.111. The van der Waals surface area contributed by atoms with Crippen LogP contribution < -0.4 is 4.89 Å². The molecule has 1 unspecified atom stereocenters. The van der Waals surface area contributed by atoms with Crippen LogP contribution in [0.2, 0.25) is 18.1 Å². The first-order chi connectivity index (χ1) is 14.2. The molecule has 3 rings (SSSR count). The van der Waals surface area contributed by atoms with Crippen LogP contribution in [0.3, 0.4) is 0 Å². The molecular weight excluding hydrogens is 414 g/mol. The normalized spacial score (nSPS) is 13.5. The van der Waals surface area contributed by atoms with E-state index in [1.807, 2.05) is 58.6 Å². The second-order valence-corrected chi connectivity index (χ2v) is 14.4. The lowest BCUT2D eigenvalue weighted by molar-refractivity contribution is -0.0786. The van der Waals surface area contributed by atoms with Gasteiger partial charge in [-0.2, -0.15) is 0 Å². The molecule has 5 nitrogen and oxygen atoms in total. The summed E-state index contributed by atoms with van der Waals surface area (Å²) in [4.78, 5) is 5.38. The van der Waals surface area contributed by atoms with Crippen molar-refractivity contribution >= 4 is 31.4 Å². The molecule has 2 aromatic carbocycles. The third kappa shape index (κ3) is 5.68. The topological polar surface area (TPSA) is 52.9 Å². The van der Waals surface area contributed by atoms with Crippen LogP contribution in [0.25, 0.3) is 10.9 Å². The molecule has 3 aromatic rings. The van der Waals surface area contributed by atoms with E-state index in [9.17, 15) is 5.11 Å². The molecule has 0 aliphatic carbocycles. The first-order valence-electron chi connectivity index (χ1n) is 10.2. The van der Waals surface area contributed by atoms with Gasteiger partial charge in [0, 0.05) is 17.5 Å². The molecule has 0 radical (unpaired) electrons. The summed E-state index contributed by atoms with van der Waals surface area (Å²) in [6.07, 6.45) is -0.136. The highest BCUT2D eigenvalue weighted by molar-refractivity contribution is 7.93. The van der Waals surface area contributed by atoms with E-state index in [-0.39, 0.29) is 5.04 Å². The van der Waals surface area contributed by atoms with Gasteiger partial charge in [0.25, 0.3) is 0 Å². The van der Waals surface area contributed by atoms with E-state index >= 15 is 0 Å². The SMILES string of the molecule is CC(C)(C)[Si](C)(C)OCC(O)Cc1cc2ccccc2n1SOOc1ccccc1. The van der Waals surface area contributed by atoms with E-state index in [4.69, 9.17) is 13.6 Å². The van der Waals surface area contributed by atoms with E-state index in [1.54, 1.807) is 0 Å². The van der Waals surface area contributed by atoms with Crippen LogP contribution in [0.4, 0.5) is 0 Å². The third-order valence-corrected chi connectivity index (χ3v) is 10.8. The molecule has 0 bridgehead atoms. The van der Waals surface area contributed by atoms with Gasteiger partial charge in [0.1, 0.15) is 0 Å². The largest absolute Gasteiger partial charge is 0.414 e. The molecule has 1 aromatic heterocycles. The van der Waals surface area contributed by atoms with E-state index in [1.165, 1.54) is 0 Å². The van der Waals surface area contributed by atoms with Crippen LogP contribution in [0.15, 0.2) is 60.7 Å². The summed E-state index contributed by atoms with van der Waals surface area (Å²) in [5, 5.41) is 11.9. The van der Waals surface area contributed by atoms with Gasteiger partial charge >= 0.3 is 0 Å². The van der Waals surface area contributed by atoms with Gasteiger partial charge in [0.05, 0.1) is 18.2 Å². The fourth-order valence-corrected chi connectivity index (χ4v) is 4.48. The number of para-hydroxylation sites is 2. The Kier molecular flexibility index (Phi) is 7.31. The standard InChI is InChI=1S/C23H31NO4SSi/c1-23(2,3)30(4,5)26-17-20(25)16-19-15-18-11-9-10-14-22(18)24(19)29-28-27-21-12-7-6-8-13-21/h6-15,20,25H,16-17H2,1-5H3. The molecule has 1 heterocycles. The average Bonchev–Trinajstić information content (AvgIpc) is 3.04. The van der Waals surface area contributed by atoms with Crippen molar-refractivity contribution in [3.8, 4) is 5.75 Å². The van der Waals surface area contributed by atoms with Gasteiger partial charge in [-0.1, -0.05) is 61.5 Å². The number of hydrogen-bond acceptors (Lipinski definition) is 5. The smallest absolute Gasteiger partial charge is 0.192 e. The first kappa shape index (κ1) is 22.9. The predicted octanol–water partition coefficient (Wildman–Crippen LogP) is 5.99. The number of hydrogen-bond donors (Lipinski definition) is 1. The van der Waals surface area contributed by atoms with Gasteiger partial charge in [-0.3, -0.25) is 3.97 Å². The van der Waals surface area contributed by atoms with Crippen molar-refractivity contribution < 1.29 is 18.8 Å². The number of benzene rings is 2. The van der Waals surface area contributed by atoms with Gasteiger partial charge in [-0.25, -0.2) is 0 Å².